The van der Waals surface area contributed by atoms with E-state index in [1.54, 1.807) is 18.5 Å². The van der Waals surface area contributed by atoms with Crippen LogP contribution in [0.4, 0.5) is 4.39 Å². The molecule has 1 aromatic carbocycles. The molecule has 0 spiro atoms. The van der Waals surface area contributed by atoms with Gasteiger partial charge in [-0.2, -0.15) is 0 Å². The summed E-state index contributed by atoms with van der Waals surface area (Å²) < 4.78 is 19.0. The Balaban J connectivity index is 2.38. The highest BCUT2D eigenvalue weighted by Gasteiger charge is 2.14. The molecular weight excluding hydrogens is 255 g/mol. The fourth-order valence-corrected chi connectivity index (χ4v) is 2.30. The Bertz CT molecular complexity index is 566. The Hall–Kier alpha value is -1.94. The summed E-state index contributed by atoms with van der Waals surface area (Å²) in [4.78, 5) is 4.18. The normalized spacial score (nSPS) is 12.2. The molecule has 20 heavy (non-hydrogen) atoms. The molecule has 1 heterocycles. The van der Waals surface area contributed by atoms with Crippen LogP contribution in [0.1, 0.15) is 29.7 Å². The van der Waals surface area contributed by atoms with Gasteiger partial charge in [0.1, 0.15) is 11.6 Å². The summed E-state index contributed by atoms with van der Waals surface area (Å²) in [6.45, 7) is 4.40. The van der Waals surface area contributed by atoms with Crippen LogP contribution in [0.5, 0.6) is 5.75 Å². The van der Waals surface area contributed by atoms with Crippen molar-refractivity contribution in [3.05, 3.63) is 59.2 Å². The lowest BCUT2D eigenvalue weighted by molar-refractivity contribution is 0.338. The molecule has 0 saturated heterocycles. The number of rotatable bonds is 5. The van der Waals surface area contributed by atoms with E-state index in [9.17, 15) is 4.39 Å². The topological polar surface area (TPSA) is 34.1 Å². The van der Waals surface area contributed by atoms with Gasteiger partial charge >= 0.3 is 0 Å². The van der Waals surface area contributed by atoms with E-state index in [1.165, 1.54) is 6.07 Å². The van der Waals surface area contributed by atoms with Crippen molar-refractivity contribution in [3.63, 3.8) is 0 Å². The van der Waals surface area contributed by atoms with E-state index >= 15 is 0 Å². The number of nitrogens with zero attached hydrogens (tertiary/aromatic N) is 1. The quantitative estimate of drug-likeness (QED) is 0.909. The van der Waals surface area contributed by atoms with Gasteiger partial charge in [-0.05, 0) is 55.8 Å². The lowest BCUT2D eigenvalue weighted by Crippen LogP contribution is -2.18. The first-order valence-corrected chi connectivity index (χ1v) is 6.66. The van der Waals surface area contributed by atoms with Crippen molar-refractivity contribution in [2.45, 2.75) is 19.9 Å². The number of hydrogen-bond acceptors (Lipinski definition) is 3. The molecule has 0 aliphatic rings. The number of benzene rings is 1. The van der Waals surface area contributed by atoms with Gasteiger partial charge in [-0.25, -0.2) is 4.39 Å². The SMILES string of the molecule is CCOc1cncc(C(NC)c2cc(C)cc(F)c2)c1. The maximum absolute atomic E-state index is 13.6. The molecule has 106 valence electrons. The highest BCUT2D eigenvalue weighted by Crippen LogP contribution is 2.25. The molecule has 0 aliphatic heterocycles. The van der Waals surface area contributed by atoms with Crippen molar-refractivity contribution >= 4 is 0 Å². The zero-order valence-electron chi connectivity index (χ0n) is 12.0. The van der Waals surface area contributed by atoms with Gasteiger partial charge in [0.25, 0.3) is 0 Å². The molecule has 2 rings (SSSR count). The van der Waals surface area contributed by atoms with Crippen molar-refractivity contribution in [1.82, 2.24) is 10.3 Å². The number of pyridine rings is 1. The van der Waals surface area contributed by atoms with Crippen LogP contribution in [-0.4, -0.2) is 18.6 Å². The predicted molar refractivity (Wildman–Crippen MR) is 77.4 cm³/mol. The minimum Gasteiger partial charge on any atom is -0.492 e. The first-order valence-electron chi connectivity index (χ1n) is 6.66. The fourth-order valence-electron chi connectivity index (χ4n) is 2.30. The number of aromatic nitrogens is 1. The molecule has 0 radical (unpaired) electrons. The molecule has 0 bridgehead atoms. The third-order valence-corrected chi connectivity index (χ3v) is 3.07. The van der Waals surface area contributed by atoms with Crippen molar-refractivity contribution in [3.8, 4) is 5.75 Å². The lowest BCUT2D eigenvalue weighted by atomic mass is 9.98. The molecule has 0 amide bonds. The molecule has 1 atom stereocenters. The number of aryl methyl sites for hydroxylation is 1. The summed E-state index contributed by atoms with van der Waals surface area (Å²) in [5, 5.41) is 3.20. The molecule has 0 fully saturated rings. The van der Waals surface area contributed by atoms with Gasteiger partial charge in [0, 0.05) is 6.20 Å². The van der Waals surface area contributed by atoms with E-state index in [0.717, 1.165) is 22.4 Å². The molecule has 1 unspecified atom stereocenters. The highest BCUT2D eigenvalue weighted by atomic mass is 19.1. The summed E-state index contributed by atoms with van der Waals surface area (Å²) in [6, 6.07) is 6.85. The van der Waals surface area contributed by atoms with Gasteiger partial charge in [-0.3, -0.25) is 4.98 Å². The summed E-state index contributed by atoms with van der Waals surface area (Å²) in [6.07, 6.45) is 3.44. The second kappa shape index (κ2) is 6.48. The Morgan fingerprint density at radius 3 is 2.65 bits per heavy atom. The van der Waals surface area contributed by atoms with Gasteiger partial charge in [-0.15, -0.1) is 0 Å². The summed E-state index contributed by atoms with van der Waals surface area (Å²) in [5.41, 5.74) is 2.72. The zero-order valence-corrected chi connectivity index (χ0v) is 12.0. The van der Waals surface area contributed by atoms with E-state index in [2.05, 4.69) is 10.3 Å². The Kier molecular flexibility index (Phi) is 4.69. The van der Waals surface area contributed by atoms with E-state index in [1.807, 2.05) is 33.0 Å². The molecular formula is C16H19FN2O. The number of ether oxygens (including phenoxy) is 1. The van der Waals surface area contributed by atoms with Crippen LogP contribution in [0.2, 0.25) is 0 Å². The van der Waals surface area contributed by atoms with Gasteiger partial charge < -0.3 is 10.1 Å². The Morgan fingerprint density at radius 1 is 1.20 bits per heavy atom. The molecule has 0 saturated carbocycles. The average molecular weight is 274 g/mol. The van der Waals surface area contributed by atoms with Crippen LogP contribution in [-0.2, 0) is 0 Å². The van der Waals surface area contributed by atoms with Crippen molar-refractivity contribution in [2.75, 3.05) is 13.7 Å². The molecule has 0 aliphatic carbocycles. The predicted octanol–water partition coefficient (Wildman–Crippen LogP) is 3.24. The number of halogens is 1. The zero-order chi connectivity index (χ0) is 14.5. The monoisotopic (exact) mass is 274 g/mol. The van der Waals surface area contributed by atoms with Gasteiger partial charge in [0.15, 0.2) is 0 Å². The highest BCUT2D eigenvalue weighted by molar-refractivity contribution is 5.36. The molecule has 2 aromatic rings. The standard InChI is InChI=1S/C16H19FN2O/c1-4-20-15-8-13(9-19-10-15)16(18-3)12-5-11(2)6-14(17)7-12/h5-10,16,18H,4H2,1-3H3. The van der Waals surface area contributed by atoms with Gasteiger partial charge in [-0.1, -0.05) is 6.07 Å². The minimum atomic E-state index is -0.228. The third kappa shape index (κ3) is 3.33. The Morgan fingerprint density at radius 2 is 2.00 bits per heavy atom. The van der Waals surface area contributed by atoms with E-state index in [0.29, 0.717) is 6.61 Å². The fraction of sp³-hybridized carbons (Fsp3) is 0.312. The number of nitrogens with one attached hydrogen (secondary N) is 1. The minimum absolute atomic E-state index is 0.114. The maximum Gasteiger partial charge on any atom is 0.137 e. The molecule has 4 heteroatoms. The van der Waals surface area contributed by atoms with Crippen LogP contribution in [0, 0.1) is 12.7 Å². The second-order valence-corrected chi connectivity index (χ2v) is 4.67. The van der Waals surface area contributed by atoms with Crippen molar-refractivity contribution < 1.29 is 9.13 Å². The molecule has 3 nitrogen and oxygen atoms in total. The van der Waals surface area contributed by atoms with E-state index in [4.69, 9.17) is 4.74 Å². The van der Waals surface area contributed by atoms with Gasteiger partial charge in [0.2, 0.25) is 0 Å². The first kappa shape index (κ1) is 14.5. The number of hydrogen-bond donors (Lipinski definition) is 1. The van der Waals surface area contributed by atoms with Crippen LogP contribution in [0.15, 0.2) is 36.7 Å². The molecule has 1 aromatic heterocycles. The summed E-state index contributed by atoms with van der Waals surface area (Å²) in [7, 11) is 1.85. The third-order valence-electron chi connectivity index (χ3n) is 3.07. The summed E-state index contributed by atoms with van der Waals surface area (Å²) >= 11 is 0. The van der Waals surface area contributed by atoms with E-state index in [-0.39, 0.29) is 11.9 Å². The maximum atomic E-state index is 13.6. The summed E-state index contributed by atoms with van der Waals surface area (Å²) in [5.74, 6) is 0.493. The van der Waals surface area contributed by atoms with Crippen LogP contribution >= 0.6 is 0 Å². The molecule has 1 N–H and O–H groups in total. The van der Waals surface area contributed by atoms with Crippen LogP contribution in [0.25, 0.3) is 0 Å². The Labute approximate surface area is 118 Å². The first-order chi connectivity index (χ1) is 9.63. The van der Waals surface area contributed by atoms with Crippen LogP contribution < -0.4 is 10.1 Å². The average Bonchev–Trinajstić information content (AvgIpc) is 2.39. The van der Waals surface area contributed by atoms with Crippen LogP contribution in [0.3, 0.4) is 0 Å². The van der Waals surface area contributed by atoms with Crippen molar-refractivity contribution in [2.24, 2.45) is 0 Å². The van der Waals surface area contributed by atoms with Gasteiger partial charge in [0.05, 0.1) is 18.8 Å². The smallest absolute Gasteiger partial charge is 0.137 e. The largest absolute Gasteiger partial charge is 0.492 e. The second-order valence-electron chi connectivity index (χ2n) is 4.67. The van der Waals surface area contributed by atoms with Crippen molar-refractivity contribution in [1.29, 1.82) is 0 Å². The lowest BCUT2D eigenvalue weighted by Gasteiger charge is -2.18. The van der Waals surface area contributed by atoms with E-state index < -0.39 is 0 Å².